The van der Waals surface area contributed by atoms with Gasteiger partial charge in [-0.2, -0.15) is 10.4 Å². The number of nitriles is 1. The molecule has 0 bridgehead atoms. The van der Waals surface area contributed by atoms with Gasteiger partial charge in [-0.05, 0) is 35.7 Å². The summed E-state index contributed by atoms with van der Waals surface area (Å²) in [5.74, 6) is 1.17. The van der Waals surface area contributed by atoms with E-state index in [-0.39, 0.29) is 0 Å². The molecule has 0 aliphatic heterocycles. The maximum absolute atomic E-state index is 9.28. The first-order chi connectivity index (χ1) is 11.6. The zero-order valence-corrected chi connectivity index (χ0v) is 14.0. The molecular formula is C20H19N3O. The highest BCUT2D eigenvalue weighted by atomic mass is 16.5. The molecule has 4 nitrogen and oxygen atoms in total. The van der Waals surface area contributed by atoms with Crippen molar-refractivity contribution < 1.29 is 4.74 Å². The molecule has 0 unspecified atom stereocenters. The zero-order chi connectivity index (χ0) is 17.1. The van der Waals surface area contributed by atoms with Crippen molar-refractivity contribution in [2.75, 3.05) is 7.11 Å². The minimum absolute atomic E-state index is 0.380. The molecule has 24 heavy (non-hydrogen) atoms. The Bertz CT molecular complexity index is 889. The molecule has 4 heteroatoms. The highest BCUT2D eigenvalue weighted by molar-refractivity contribution is 5.71. The van der Waals surface area contributed by atoms with Crippen LogP contribution in [0.15, 0.2) is 54.6 Å². The zero-order valence-electron chi connectivity index (χ0n) is 14.0. The predicted molar refractivity (Wildman–Crippen MR) is 94.4 cm³/mol. The van der Waals surface area contributed by atoms with Crippen LogP contribution in [-0.4, -0.2) is 16.9 Å². The molecule has 0 amide bonds. The molecular weight excluding hydrogens is 298 g/mol. The average molecular weight is 317 g/mol. The first-order valence-corrected chi connectivity index (χ1v) is 7.88. The minimum atomic E-state index is 0.380. The van der Waals surface area contributed by atoms with Crippen LogP contribution < -0.4 is 4.74 Å². The van der Waals surface area contributed by atoms with Gasteiger partial charge in [0.05, 0.1) is 18.5 Å². The Kier molecular flexibility index (Phi) is 4.35. The van der Waals surface area contributed by atoms with E-state index in [9.17, 15) is 5.26 Å². The Hall–Kier alpha value is -3.06. The van der Waals surface area contributed by atoms with Crippen LogP contribution in [0.3, 0.4) is 0 Å². The second-order valence-corrected chi connectivity index (χ2v) is 5.89. The van der Waals surface area contributed by atoms with Gasteiger partial charge in [0.2, 0.25) is 0 Å². The highest BCUT2D eigenvalue weighted by Gasteiger charge is 2.16. The summed E-state index contributed by atoms with van der Waals surface area (Å²) in [5, 5.41) is 13.7. The lowest BCUT2D eigenvalue weighted by Gasteiger charge is -2.14. The van der Waals surface area contributed by atoms with Crippen LogP contribution in [0, 0.1) is 11.3 Å². The van der Waals surface area contributed by atoms with Crippen LogP contribution in [0.25, 0.3) is 16.9 Å². The van der Waals surface area contributed by atoms with E-state index < -0.39 is 0 Å². The van der Waals surface area contributed by atoms with Crippen molar-refractivity contribution in [1.29, 1.82) is 5.26 Å². The quantitative estimate of drug-likeness (QED) is 0.709. The predicted octanol–water partition coefficient (Wildman–Crippen LogP) is 4.54. The Morgan fingerprint density at radius 2 is 1.83 bits per heavy atom. The second-order valence-electron chi connectivity index (χ2n) is 5.89. The minimum Gasteiger partial charge on any atom is -0.496 e. The number of nitrogens with zero attached hydrogens (tertiary/aromatic N) is 3. The summed E-state index contributed by atoms with van der Waals surface area (Å²) in [6.07, 6.45) is 0. The lowest BCUT2D eigenvalue weighted by molar-refractivity contribution is 0.416. The molecule has 3 rings (SSSR count). The first-order valence-electron chi connectivity index (χ1n) is 7.88. The molecule has 1 heterocycles. The number of aromatic nitrogens is 2. The highest BCUT2D eigenvalue weighted by Crippen LogP contribution is 2.34. The van der Waals surface area contributed by atoms with E-state index in [1.807, 2.05) is 36.4 Å². The normalized spacial score (nSPS) is 10.6. The third-order valence-electron chi connectivity index (χ3n) is 3.99. The number of hydrogen-bond donors (Lipinski definition) is 0. The summed E-state index contributed by atoms with van der Waals surface area (Å²) >= 11 is 0. The van der Waals surface area contributed by atoms with E-state index >= 15 is 0 Å². The second kappa shape index (κ2) is 6.59. The monoisotopic (exact) mass is 317 g/mol. The molecule has 0 aliphatic carbocycles. The summed E-state index contributed by atoms with van der Waals surface area (Å²) in [6, 6.07) is 19.9. The fourth-order valence-electron chi connectivity index (χ4n) is 2.68. The third kappa shape index (κ3) is 2.89. The van der Waals surface area contributed by atoms with Crippen LogP contribution in [-0.2, 0) is 0 Å². The first kappa shape index (κ1) is 15.8. The van der Waals surface area contributed by atoms with Crippen molar-refractivity contribution in [2.45, 2.75) is 19.8 Å². The van der Waals surface area contributed by atoms with Gasteiger partial charge in [-0.3, -0.25) is 0 Å². The van der Waals surface area contributed by atoms with Gasteiger partial charge in [-0.1, -0.05) is 38.1 Å². The molecule has 0 saturated carbocycles. The Morgan fingerprint density at radius 3 is 2.46 bits per heavy atom. The summed E-state index contributed by atoms with van der Waals surface area (Å²) in [4.78, 5) is 0. The Morgan fingerprint density at radius 1 is 1.08 bits per heavy atom. The van der Waals surface area contributed by atoms with E-state index in [2.05, 4.69) is 37.1 Å². The van der Waals surface area contributed by atoms with Crippen molar-refractivity contribution in [3.63, 3.8) is 0 Å². The third-order valence-corrected chi connectivity index (χ3v) is 3.99. The van der Waals surface area contributed by atoms with Crippen LogP contribution in [0.4, 0.5) is 0 Å². The topological polar surface area (TPSA) is 50.8 Å². The van der Waals surface area contributed by atoms with Gasteiger partial charge in [0.15, 0.2) is 5.69 Å². The van der Waals surface area contributed by atoms with Gasteiger partial charge < -0.3 is 4.74 Å². The van der Waals surface area contributed by atoms with Crippen molar-refractivity contribution in [1.82, 2.24) is 9.78 Å². The average Bonchev–Trinajstić information content (AvgIpc) is 3.06. The molecule has 1 aromatic heterocycles. The van der Waals surface area contributed by atoms with Crippen molar-refractivity contribution >= 4 is 0 Å². The molecule has 3 aromatic rings. The van der Waals surface area contributed by atoms with Gasteiger partial charge in [0.25, 0.3) is 0 Å². The number of rotatable bonds is 4. The van der Waals surface area contributed by atoms with Crippen LogP contribution in [0.5, 0.6) is 5.75 Å². The lowest BCUT2D eigenvalue weighted by Crippen LogP contribution is -2.01. The molecule has 0 fully saturated rings. The molecule has 120 valence electrons. The van der Waals surface area contributed by atoms with Gasteiger partial charge in [-0.25, -0.2) is 4.68 Å². The van der Waals surface area contributed by atoms with Crippen molar-refractivity contribution in [3.8, 4) is 28.8 Å². The molecule has 2 aromatic carbocycles. The molecule has 0 spiro atoms. The molecule has 0 atom stereocenters. The number of para-hydroxylation sites is 1. The summed E-state index contributed by atoms with van der Waals surface area (Å²) < 4.78 is 7.34. The lowest BCUT2D eigenvalue weighted by atomic mass is 9.98. The maximum Gasteiger partial charge on any atom is 0.163 e. The number of hydrogen-bond acceptors (Lipinski definition) is 3. The van der Waals surface area contributed by atoms with Crippen molar-refractivity contribution in [2.24, 2.45) is 0 Å². The number of ether oxygens (including phenoxy) is 1. The molecule has 0 radical (unpaired) electrons. The molecule has 0 aliphatic rings. The van der Waals surface area contributed by atoms with Crippen LogP contribution >= 0.6 is 0 Å². The summed E-state index contributed by atoms with van der Waals surface area (Å²) in [7, 11) is 1.66. The van der Waals surface area contributed by atoms with E-state index in [0.29, 0.717) is 11.6 Å². The van der Waals surface area contributed by atoms with E-state index in [1.54, 1.807) is 17.9 Å². The van der Waals surface area contributed by atoms with Gasteiger partial charge in [0, 0.05) is 11.6 Å². The standard InChI is InChI=1S/C20H19N3O/c1-14(2)15-9-10-20(24-3)18(11-15)19-12-16(13-21)22-23(19)17-7-5-4-6-8-17/h4-12,14H,1-3H3. The van der Waals surface area contributed by atoms with Crippen molar-refractivity contribution in [3.05, 3.63) is 65.9 Å². The number of methoxy groups -OCH3 is 1. The summed E-state index contributed by atoms with van der Waals surface area (Å²) in [6.45, 7) is 4.31. The van der Waals surface area contributed by atoms with E-state index in [0.717, 1.165) is 22.7 Å². The van der Waals surface area contributed by atoms with Gasteiger partial charge in [0.1, 0.15) is 11.8 Å². The van der Waals surface area contributed by atoms with E-state index in [4.69, 9.17) is 4.74 Å². The maximum atomic E-state index is 9.28. The van der Waals surface area contributed by atoms with E-state index in [1.165, 1.54) is 5.56 Å². The summed E-state index contributed by atoms with van der Waals surface area (Å²) in [5.41, 5.74) is 4.28. The SMILES string of the molecule is COc1ccc(C(C)C)cc1-c1cc(C#N)nn1-c1ccccc1. The number of benzene rings is 2. The largest absolute Gasteiger partial charge is 0.496 e. The molecule has 0 saturated heterocycles. The van der Waals surface area contributed by atoms with Crippen LogP contribution in [0.1, 0.15) is 31.0 Å². The smallest absolute Gasteiger partial charge is 0.163 e. The fraction of sp³-hybridized carbons (Fsp3) is 0.200. The van der Waals surface area contributed by atoms with Gasteiger partial charge in [-0.15, -0.1) is 0 Å². The Labute approximate surface area is 141 Å². The van der Waals surface area contributed by atoms with Crippen LogP contribution in [0.2, 0.25) is 0 Å². The van der Waals surface area contributed by atoms with Gasteiger partial charge >= 0.3 is 0 Å². The molecule has 0 N–H and O–H groups in total. The fourth-order valence-corrected chi connectivity index (χ4v) is 2.68. The Balaban J connectivity index is 2.25.